The minimum absolute atomic E-state index is 0.0253. The topological polar surface area (TPSA) is 96.5 Å². The van der Waals surface area contributed by atoms with Gasteiger partial charge in [0.05, 0.1) is 10.6 Å². The lowest BCUT2D eigenvalue weighted by Crippen LogP contribution is -2.36. The van der Waals surface area contributed by atoms with Crippen molar-refractivity contribution in [2.45, 2.75) is 0 Å². The molecule has 4 N–H and O–H groups in total. The van der Waals surface area contributed by atoms with E-state index in [9.17, 15) is 10.1 Å². The Hall–Kier alpha value is -1.51. The first kappa shape index (κ1) is 14.9. The van der Waals surface area contributed by atoms with Crippen molar-refractivity contribution < 1.29 is 4.92 Å². The number of anilines is 2. The quantitative estimate of drug-likeness (QED) is 0.414. The SMILES string of the molecule is NNc1cc(NCCN2CCSCC2)cc([N+](=O)[O-])c1. The summed E-state index contributed by atoms with van der Waals surface area (Å²) < 4.78 is 0. The standard InChI is InChI=1S/C12H19N5O2S/c13-15-11-7-10(8-12(9-11)17(18)19)14-1-2-16-3-5-20-6-4-16/h7-9,14-15H,1-6,13H2. The fourth-order valence-electron chi connectivity index (χ4n) is 2.09. The Balaban J connectivity index is 1.91. The van der Waals surface area contributed by atoms with E-state index in [1.807, 2.05) is 11.8 Å². The molecule has 1 saturated heterocycles. The predicted molar refractivity (Wildman–Crippen MR) is 83.2 cm³/mol. The molecule has 0 amide bonds. The molecule has 8 heteroatoms. The molecule has 110 valence electrons. The minimum atomic E-state index is -0.423. The van der Waals surface area contributed by atoms with Crippen molar-refractivity contribution in [1.82, 2.24) is 4.90 Å². The molecular formula is C12H19N5O2S. The van der Waals surface area contributed by atoms with Crippen LogP contribution < -0.4 is 16.6 Å². The molecule has 0 aliphatic carbocycles. The zero-order valence-electron chi connectivity index (χ0n) is 11.2. The van der Waals surface area contributed by atoms with E-state index in [-0.39, 0.29) is 5.69 Å². The van der Waals surface area contributed by atoms with E-state index in [4.69, 9.17) is 5.84 Å². The highest BCUT2D eigenvalue weighted by Crippen LogP contribution is 2.23. The largest absolute Gasteiger partial charge is 0.383 e. The van der Waals surface area contributed by atoms with Crippen molar-refractivity contribution in [2.75, 3.05) is 48.4 Å². The highest BCUT2D eigenvalue weighted by molar-refractivity contribution is 7.99. The van der Waals surface area contributed by atoms with Gasteiger partial charge in [0.15, 0.2) is 0 Å². The van der Waals surface area contributed by atoms with E-state index in [2.05, 4.69) is 15.6 Å². The van der Waals surface area contributed by atoms with Gasteiger partial charge in [0, 0.05) is 55.5 Å². The number of hydrogen-bond donors (Lipinski definition) is 3. The van der Waals surface area contributed by atoms with Crippen molar-refractivity contribution in [2.24, 2.45) is 5.84 Å². The van der Waals surface area contributed by atoms with E-state index in [1.165, 1.54) is 23.6 Å². The molecule has 2 rings (SSSR count). The van der Waals surface area contributed by atoms with Gasteiger partial charge in [0.2, 0.25) is 0 Å². The van der Waals surface area contributed by atoms with Gasteiger partial charge in [-0.1, -0.05) is 0 Å². The molecule has 0 aromatic heterocycles. The van der Waals surface area contributed by atoms with Crippen LogP contribution in [0.3, 0.4) is 0 Å². The van der Waals surface area contributed by atoms with Crippen LogP contribution in [0.25, 0.3) is 0 Å². The molecule has 0 saturated carbocycles. The Labute approximate surface area is 122 Å². The first-order chi connectivity index (χ1) is 9.69. The minimum Gasteiger partial charge on any atom is -0.383 e. The molecule has 0 spiro atoms. The molecule has 1 aliphatic heterocycles. The van der Waals surface area contributed by atoms with Crippen molar-refractivity contribution in [3.05, 3.63) is 28.3 Å². The summed E-state index contributed by atoms with van der Waals surface area (Å²) >= 11 is 1.98. The van der Waals surface area contributed by atoms with Crippen LogP contribution in [0.2, 0.25) is 0 Å². The molecule has 0 bridgehead atoms. The summed E-state index contributed by atoms with van der Waals surface area (Å²) in [6, 6.07) is 4.69. The van der Waals surface area contributed by atoms with Gasteiger partial charge in [-0.3, -0.25) is 20.9 Å². The van der Waals surface area contributed by atoms with Crippen molar-refractivity contribution in [1.29, 1.82) is 0 Å². The second kappa shape index (κ2) is 7.32. The molecule has 0 radical (unpaired) electrons. The number of thioether (sulfide) groups is 1. The molecular weight excluding hydrogens is 278 g/mol. The Morgan fingerprint density at radius 3 is 2.65 bits per heavy atom. The Morgan fingerprint density at radius 2 is 2.00 bits per heavy atom. The number of rotatable bonds is 6. The molecule has 1 fully saturated rings. The molecule has 0 unspecified atom stereocenters. The van der Waals surface area contributed by atoms with Crippen LogP contribution >= 0.6 is 11.8 Å². The maximum absolute atomic E-state index is 10.8. The average molecular weight is 297 g/mol. The summed E-state index contributed by atoms with van der Waals surface area (Å²) in [5, 5.41) is 14.1. The van der Waals surface area contributed by atoms with E-state index in [0.29, 0.717) is 11.4 Å². The van der Waals surface area contributed by atoms with Crippen LogP contribution in [0.5, 0.6) is 0 Å². The second-order valence-corrected chi connectivity index (χ2v) is 5.78. The Morgan fingerprint density at radius 1 is 1.30 bits per heavy atom. The maximum Gasteiger partial charge on any atom is 0.273 e. The predicted octanol–water partition coefficient (Wildman–Crippen LogP) is 1.34. The zero-order valence-corrected chi connectivity index (χ0v) is 12.0. The van der Waals surface area contributed by atoms with Crippen LogP contribution in [0.1, 0.15) is 0 Å². The van der Waals surface area contributed by atoms with E-state index >= 15 is 0 Å². The summed E-state index contributed by atoms with van der Waals surface area (Å²) in [5.41, 5.74) is 3.70. The molecule has 1 aromatic carbocycles. The first-order valence-electron chi connectivity index (χ1n) is 6.49. The van der Waals surface area contributed by atoms with Crippen molar-refractivity contribution in [3.8, 4) is 0 Å². The van der Waals surface area contributed by atoms with Crippen LogP contribution in [0.4, 0.5) is 17.1 Å². The van der Waals surface area contributed by atoms with Gasteiger partial charge in [-0.25, -0.2) is 0 Å². The van der Waals surface area contributed by atoms with Crippen LogP contribution in [0.15, 0.2) is 18.2 Å². The molecule has 1 aliphatic rings. The van der Waals surface area contributed by atoms with Crippen molar-refractivity contribution in [3.63, 3.8) is 0 Å². The summed E-state index contributed by atoms with van der Waals surface area (Å²) in [5.74, 6) is 7.68. The van der Waals surface area contributed by atoms with Crippen LogP contribution in [0, 0.1) is 10.1 Å². The molecule has 1 aromatic rings. The third-order valence-electron chi connectivity index (χ3n) is 3.16. The highest BCUT2D eigenvalue weighted by Gasteiger charge is 2.11. The third kappa shape index (κ3) is 4.26. The number of nitrogens with one attached hydrogen (secondary N) is 2. The van der Waals surface area contributed by atoms with Gasteiger partial charge in [0.25, 0.3) is 5.69 Å². The van der Waals surface area contributed by atoms with Crippen molar-refractivity contribution >= 4 is 28.8 Å². The van der Waals surface area contributed by atoms with E-state index < -0.39 is 4.92 Å². The number of nitrogens with zero attached hydrogens (tertiary/aromatic N) is 2. The van der Waals surface area contributed by atoms with Crippen LogP contribution in [-0.4, -0.2) is 47.5 Å². The summed E-state index contributed by atoms with van der Waals surface area (Å²) in [4.78, 5) is 12.8. The number of nitrogens with two attached hydrogens (primary N) is 1. The first-order valence-corrected chi connectivity index (χ1v) is 7.64. The lowest BCUT2D eigenvalue weighted by Gasteiger charge is -2.26. The number of hydrogen-bond acceptors (Lipinski definition) is 7. The maximum atomic E-state index is 10.8. The molecule has 1 heterocycles. The number of hydrazine groups is 1. The van der Waals surface area contributed by atoms with E-state index in [0.717, 1.165) is 26.2 Å². The number of nitro benzene ring substituents is 1. The monoisotopic (exact) mass is 297 g/mol. The number of benzene rings is 1. The number of non-ortho nitro benzene ring substituents is 1. The third-order valence-corrected chi connectivity index (χ3v) is 4.10. The summed E-state index contributed by atoms with van der Waals surface area (Å²) in [7, 11) is 0. The highest BCUT2D eigenvalue weighted by atomic mass is 32.2. The fraction of sp³-hybridized carbons (Fsp3) is 0.500. The van der Waals surface area contributed by atoms with Crippen LogP contribution in [-0.2, 0) is 0 Å². The van der Waals surface area contributed by atoms with Gasteiger partial charge < -0.3 is 10.7 Å². The number of nitro groups is 1. The summed E-state index contributed by atoms with van der Waals surface area (Å²) in [6.07, 6.45) is 0. The zero-order chi connectivity index (χ0) is 14.4. The Bertz CT molecular complexity index is 465. The fourth-order valence-corrected chi connectivity index (χ4v) is 3.06. The van der Waals surface area contributed by atoms with Gasteiger partial charge in [-0.05, 0) is 6.07 Å². The Kier molecular flexibility index (Phi) is 5.45. The van der Waals surface area contributed by atoms with Gasteiger partial charge in [-0.2, -0.15) is 11.8 Å². The lowest BCUT2D eigenvalue weighted by atomic mass is 10.2. The van der Waals surface area contributed by atoms with E-state index in [1.54, 1.807) is 6.07 Å². The lowest BCUT2D eigenvalue weighted by molar-refractivity contribution is -0.384. The van der Waals surface area contributed by atoms with Gasteiger partial charge in [0.1, 0.15) is 0 Å². The summed E-state index contributed by atoms with van der Waals surface area (Å²) in [6.45, 7) is 3.91. The smallest absolute Gasteiger partial charge is 0.273 e. The molecule has 20 heavy (non-hydrogen) atoms. The number of nitrogen functional groups attached to an aromatic ring is 1. The van der Waals surface area contributed by atoms with Gasteiger partial charge in [-0.15, -0.1) is 0 Å². The average Bonchev–Trinajstić information content (AvgIpc) is 2.48. The molecule has 0 atom stereocenters. The second-order valence-electron chi connectivity index (χ2n) is 4.55. The normalized spacial score (nSPS) is 15.8. The van der Waals surface area contributed by atoms with Gasteiger partial charge >= 0.3 is 0 Å². The molecule has 7 nitrogen and oxygen atoms in total.